The fraction of sp³-hybridized carbons (Fsp3) is 1.00. The first-order valence-corrected chi connectivity index (χ1v) is 6.33. The van der Waals surface area contributed by atoms with Crippen LogP contribution in [-0.2, 0) is 0 Å². The van der Waals surface area contributed by atoms with E-state index in [1.807, 2.05) is 0 Å². The molecule has 0 aromatic rings. The molecule has 1 rings (SSSR count). The Morgan fingerprint density at radius 1 is 1.07 bits per heavy atom. The molecule has 1 heteroatoms. The second-order valence-electron chi connectivity index (χ2n) is 5.45. The molecule has 0 heterocycles. The summed E-state index contributed by atoms with van der Waals surface area (Å²) >= 11 is 0. The van der Waals surface area contributed by atoms with Crippen molar-refractivity contribution in [1.29, 1.82) is 0 Å². The Kier molecular flexibility index (Phi) is 4.43. The summed E-state index contributed by atoms with van der Waals surface area (Å²) in [6.07, 6.45) is 6.96. The van der Waals surface area contributed by atoms with E-state index in [0.717, 1.165) is 18.5 Å². The molecule has 0 atom stereocenters. The highest BCUT2D eigenvalue weighted by Gasteiger charge is 2.31. The van der Waals surface area contributed by atoms with E-state index >= 15 is 0 Å². The van der Waals surface area contributed by atoms with Crippen molar-refractivity contribution in [1.82, 2.24) is 5.32 Å². The number of hydrogen-bond acceptors (Lipinski definition) is 1. The topological polar surface area (TPSA) is 12.0 Å². The summed E-state index contributed by atoms with van der Waals surface area (Å²) in [4.78, 5) is 0. The first kappa shape index (κ1) is 12.0. The van der Waals surface area contributed by atoms with E-state index in [-0.39, 0.29) is 0 Å². The number of nitrogens with one attached hydrogen (secondary N) is 1. The van der Waals surface area contributed by atoms with Gasteiger partial charge < -0.3 is 5.32 Å². The Labute approximate surface area is 89.7 Å². The summed E-state index contributed by atoms with van der Waals surface area (Å²) in [5.41, 5.74) is 0.567. The molecule has 0 amide bonds. The highest BCUT2D eigenvalue weighted by molar-refractivity contribution is 4.84. The zero-order valence-corrected chi connectivity index (χ0v) is 10.4. The Bertz CT molecular complexity index is 155. The maximum Gasteiger partial charge on any atom is 0.00671 e. The minimum absolute atomic E-state index is 0.567. The predicted octanol–water partition coefficient (Wildman–Crippen LogP) is 3.59. The van der Waals surface area contributed by atoms with Gasteiger partial charge in [-0.25, -0.2) is 0 Å². The van der Waals surface area contributed by atoms with Crippen LogP contribution in [0.5, 0.6) is 0 Å². The molecule has 0 aromatic heterocycles. The lowest BCUT2D eigenvalue weighted by atomic mass is 9.69. The number of rotatable bonds is 4. The highest BCUT2D eigenvalue weighted by atomic mass is 14.9. The van der Waals surface area contributed by atoms with Crippen molar-refractivity contribution < 1.29 is 0 Å². The van der Waals surface area contributed by atoms with Crippen molar-refractivity contribution >= 4 is 0 Å². The molecule has 84 valence electrons. The van der Waals surface area contributed by atoms with E-state index in [2.05, 4.69) is 33.0 Å². The Balaban J connectivity index is 2.35. The van der Waals surface area contributed by atoms with Crippen LogP contribution in [0.1, 0.15) is 59.8 Å². The van der Waals surface area contributed by atoms with Gasteiger partial charge in [0.25, 0.3) is 0 Å². The molecule has 1 aliphatic carbocycles. The van der Waals surface area contributed by atoms with Gasteiger partial charge in [-0.1, -0.05) is 34.1 Å². The van der Waals surface area contributed by atoms with Crippen LogP contribution in [0, 0.1) is 11.3 Å². The van der Waals surface area contributed by atoms with Crippen molar-refractivity contribution in [3.8, 4) is 0 Å². The molecule has 0 aromatic carbocycles. The van der Waals surface area contributed by atoms with E-state index < -0.39 is 0 Å². The van der Waals surface area contributed by atoms with Crippen LogP contribution < -0.4 is 5.32 Å². The third-order valence-corrected chi connectivity index (χ3v) is 4.24. The first-order chi connectivity index (χ1) is 6.60. The van der Waals surface area contributed by atoms with Crippen molar-refractivity contribution in [2.75, 3.05) is 6.54 Å². The summed E-state index contributed by atoms with van der Waals surface area (Å²) in [7, 11) is 0. The summed E-state index contributed by atoms with van der Waals surface area (Å²) in [5.74, 6) is 0.961. The number of hydrogen-bond donors (Lipinski definition) is 1. The largest absolute Gasteiger partial charge is 0.314 e. The average Bonchev–Trinajstić information content (AvgIpc) is 2.19. The quantitative estimate of drug-likeness (QED) is 0.726. The van der Waals surface area contributed by atoms with Gasteiger partial charge in [-0.15, -0.1) is 0 Å². The van der Waals surface area contributed by atoms with Crippen LogP contribution in [-0.4, -0.2) is 12.6 Å². The van der Waals surface area contributed by atoms with E-state index in [1.54, 1.807) is 0 Å². The SMILES string of the molecule is CCNC1CCC(C(C)(C)CC)CC1. The summed E-state index contributed by atoms with van der Waals surface area (Å²) in [6.45, 7) is 10.5. The lowest BCUT2D eigenvalue weighted by Gasteiger charge is -2.39. The van der Waals surface area contributed by atoms with Gasteiger partial charge in [-0.3, -0.25) is 0 Å². The monoisotopic (exact) mass is 197 g/mol. The second kappa shape index (κ2) is 5.16. The van der Waals surface area contributed by atoms with Gasteiger partial charge in [0.15, 0.2) is 0 Å². The third kappa shape index (κ3) is 2.98. The molecule has 1 N–H and O–H groups in total. The van der Waals surface area contributed by atoms with Crippen LogP contribution >= 0.6 is 0 Å². The standard InChI is InChI=1S/C13H27N/c1-5-13(3,4)11-7-9-12(10-8-11)14-6-2/h11-12,14H,5-10H2,1-4H3. The van der Waals surface area contributed by atoms with Crippen LogP contribution in [0.4, 0.5) is 0 Å². The van der Waals surface area contributed by atoms with Gasteiger partial charge in [0.1, 0.15) is 0 Å². The minimum Gasteiger partial charge on any atom is -0.314 e. The molecular formula is C13H27N. The Morgan fingerprint density at radius 3 is 2.07 bits per heavy atom. The predicted molar refractivity (Wildman–Crippen MR) is 63.5 cm³/mol. The molecule has 1 nitrogen and oxygen atoms in total. The lowest BCUT2D eigenvalue weighted by molar-refractivity contribution is 0.137. The van der Waals surface area contributed by atoms with Crippen LogP contribution in [0.15, 0.2) is 0 Å². The van der Waals surface area contributed by atoms with Gasteiger partial charge in [0, 0.05) is 6.04 Å². The zero-order valence-electron chi connectivity index (χ0n) is 10.4. The normalized spacial score (nSPS) is 29.1. The van der Waals surface area contributed by atoms with Crippen LogP contribution in [0.25, 0.3) is 0 Å². The summed E-state index contributed by atoms with van der Waals surface area (Å²) in [5, 5.41) is 3.57. The zero-order chi connectivity index (χ0) is 10.6. The maximum absolute atomic E-state index is 3.57. The molecule has 0 unspecified atom stereocenters. The molecule has 1 fully saturated rings. The molecule has 0 bridgehead atoms. The molecule has 14 heavy (non-hydrogen) atoms. The molecule has 0 saturated heterocycles. The second-order valence-corrected chi connectivity index (χ2v) is 5.45. The molecular weight excluding hydrogens is 170 g/mol. The first-order valence-electron chi connectivity index (χ1n) is 6.33. The Hall–Kier alpha value is -0.0400. The fourth-order valence-corrected chi connectivity index (χ4v) is 2.66. The molecule has 1 aliphatic rings. The maximum atomic E-state index is 3.57. The van der Waals surface area contributed by atoms with Crippen LogP contribution in [0.2, 0.25) is 0 Å². The summed E-state index contributed by atoms with van der Waals surface area (Å²) < 4.78 is 0. The van der Waals surface area contributed by atoms with Crippen LogP contribution in [0.3, 0.4) is 0 Å². The van der Waals surface area contributed by atoms with E-state index in [1.165, 1.54) is 32.1 Å². The Morgan fingerprint density at radius 2 is 1.64 bits per heavy atom. The van der Waals surface area contributed by atoms with E-state index in [9.17, 15) is 0 Å². The van der Waals surface area contributed by atoms with E-state index in [4.69, 9.17) is 0 Å². The van der Waals surface area contributed by atoms with Crippen molar-refractivity contribution in [2.45, 2.75) is 65.8 Å². The molecule has 0 spiro atoms. The van der Waals surface area contributed by atoms with Gasteiger partial charge in [0.05, 0.1) is 0 Å². The minimum atomic E-state index is 0.567. The highest BCUT2D eigenvalue weighted by Crippen LogP contribution is 2.40. The molecule has 0 aliphatic heterocycles. The molecule has 0 radical (unpaired) electrons. The fourth-order valence-electron chi connectivity index (χ4n) is 2.66. The smallest absolute Gasteiger partial charge is 0.00671 e. The van der Waals surface area contributed by atoms with Crippen molar-refractivity contribution in [3.05, 3.63) is 0 Å². The van der Waals surface area contributed by atoms with Gasteiger partial charge >= 0.3 is 0 Å². The average molecular weight is 197 g/mol. The third-order valence-electron chi connectivity index (χ3n) is 4.24. The van der Waals surface area contributed by atoms with E-state index in [0.29, 0.717) is 5.41 Å². The van der Waals surface area contributed by atoms with Crippen molar-refractivity contribution in [2.24, 2.45) is 11.3 Å². The van der Waals surface area contributed by atoms with Gasteiger partial charge in [-0.2, -0.15) is 0 Å². The van der Waals surface area contributed by atoms with Crippen molar-refractivity contribution in [3.63, 3.8) is 0 Å². The van der Waals surface area contributed by atoms with Gasteiger partial charge in [0.2, 0.25) is 0 Å². The summed E-state index contributed by atoms with van der Waals surface area (Å²) in [6, 6.07) is 0.809. The van der Waals surface area contributed by atoms with Gasteiger partial charge in [-0.05, 0) is 43.6 Å². The lowest BCUT2D eigenvalue weighted by Crippen LogP contribution is -2.36. The molecule has 1 saturated carbocycles.